The topological polar surface area (TPSA) is 85.9 Å². The third-order valence-corrected chi connectivity index (χ3v) is 6.09. The largest absolute Gasteiger partial charge is 0.325 e. The van der Waals surface area contributed by atoms with Gasteiger partial charge in [0.1, 0.15) is 0 Å². The molecule has 9 heteroatoms. The van der Waals surface area contributed by atoms with Crippen LogP contribution in [-0.2, 0) is 0 Å². The number of thiophene rings is 1. The second-order valence-corrected chi connectivity index (χ2v) is 8.21. The lowest BCUT2D eigenvalue weighted by Gasteiger charge is -2.19. The SMILES string of the molecule is CCCCCCCCSc1nc2n(n1)C(c1cccs1)C([N+](=O)[O-])=CN2. The first-order valence-corrected chi connectivity index (χ1v) is 10.8. The monoisotopic (exact) mass is 393 g/mol. The number of nitrogens with one attached hydrogen (secondary N) is 1. The van der Waals surface area contributed by atoms with Gasteiger partial charge in [0, 0.05) is 10.6 Å². The van der Waals surface area contributed by atoms with Gasteiger partial charge in [-0.3, -0.25) is 10.1 Å². The summed E-state index contributed by atoms with van der Waals surface area (Å²) in [7, 11) is 0. The van der Waals surface area contributed by atoms with Crippen LogP contribution in [0.3, 0.4) is 0 Å². The number of hydrogen-bond acceptors (Lipinski definition) is 7. The van der Waals surface area contributed by atoms with Gasteiger partial charge in [0.2, 0.25) is 11.1 Å². The van der Waals surface area contributed by atoms with Gasteiger partial charge in [0.05, 0.1) is 11.1 Å². The van der Waals surface area contributed by atoms with E-state index >= 15 is 0 Å². The number of rotatable bonds is 10. The lowest BCUT2D eigenvalue weighted by molar-refractivity contribution is -0.431. The van der Waals surface area contributed by atoms with Gasteiger partial charge in [-0.15, -0.1) is 16.4 Å². The maximum atomic E-state index is 11.4. The lowest BCUT2D eigenvalue weighted by atomic mass is 10.1. The van der Waals surface area contributed by atoms with Gasteiger partial charge in [-0.05, 0) is 17.9 Å². The molecule has 0 saturated heterocycles. The molecule has 26 heavy (non-hydrogen) atoms. The van der Waals surface area contributed by atoms with Gasteiger partial charge < -0.3 is 5.32 Å². The van der Waals surface area contributed by atoms with E-state index in [0.717, 1.165) is 17.1 Å². The highest BCUT2D eigenvalue weighted by molar-refractivity contribution is 7.99. The van der Waals surface area contributed by atoms with E-state index < -0.39 is 6.04 Å². The van der Waals surface area contributed by atoms with Gasteiger partial charge in [-0.2, -0.15) is 4.98 Å². The third kappa shape index (κ3) is 4.45. The molecule has 1 aliphatic heterocycles. The van der Waals surface area contributed by atoms with Crippen molar-refractivity contribution in [3.05, 3.63) is 44.4 Å². The summed E-state index contributed by atoms with van der Waals surface area (Å²) in [5, 5.41) is 21.5. The quantitative estimate of drug-likeness (QED) is 0.267. The Kier molecular flexibility index (Phi) is 6.67. The number of aromatic nitrogens is 3. The molecular formula is C17H23N5O2S2. The van der Waals surface area contributed by atoms with Crippen molar-refractivity contribution in [1.82, 2.24) is 14.8 Å². The Morgan fingerprint density at radius 3 is 2.88 bits per heavy atom. The fraction of sp³-hybridized carbons (Fsp3) is 0.529. The summed E-state index contributed by atoms with van der Waals surface area (Å²) in [5.41, 5.74) is 0.0809. The highest BCUT2D eigenvalue weighted by atomic mass is 32.2. The van der Waals surface area contributed by atoms with Gasteiger partial charge in [0.15, 0.2) is 6.04 Å². The number of nitro groups is 1. The Labute approximate surface area is 161 Å². The minimum Gasteiger partial charge on any atom is -0.325 e. The Hall–Kier alpha value is -1.87. The molecule has 140 valence electrons. The van der Waals surface area contributed by atoms with Crippen LogP contribution in [-0.4, -0.2) is 25.4 Å². The summed E-state index contributed by atoms with van der Waals surface area (Å²) in [4.78, 5) is 16.5. The second kappa shape index (κ2) is 9.18. The predicted octanol–water partition coefficient (Wildman–Crippen LogP) is 4.93. The zero-order valence-corrected chi connectivity index (χ0v) is 16.4. The number of anilines is 1. The van der Waals surface area contributed by atoms with Crippen molar-refractivity contribution in [1.29, 1.82) is 0 Å². The van der Waals surface area contributed by atoms with E-state index in [1.807, 2.05) is 17.5 Å². The summed E-state index contributed by atoms with van der Waals surface area (Å²) in [6.45, 7) is 2.22. The molecule has 0 fully saturated rings. The summed E-state index contributed by atoms with van der Waals surface area (Å²) < 4.78 is 1.63. The number of nitrogens with zero attached hydrogens (tertiary/aromatic N) is 4. The molecule has 0 aliphatic carbocycles. The van der Waals surface area contributed by atoms with Crippen LogP contribution in [0.2, 0.25) is 0 Å². The number of hydrogen-bond donors (Lipinski definition) is 1. The van der Waals surface area contributed by atoms with Crippen LogP contribution < -0.4 is 5.32 Å². The van der Waals surface area contributed by atoms with Crippen LogP contribution in [0.15, 0.2) is 34.6 Å². The first kappa shape index (κ1) is 18.9. The zero-order valence-electron chi connectivity index (χ0n) is 14.8. The van der Waals surface area contributed by atoms with Crippen LogP contribution in [0.5, 0.6) is 0 Å². The minimum atomic E-state index is -0.530. The van der Waals surface area contributed by atoms with Crippen molar-refractivity contribution in [3.63, 3.8) is 0 Å². The van der Waals surface area contributed by atoms with Crippen molar-refractivity contribution in [3.8, 4) is 0 Å². The summed E-state index contributed by atoms with van der Waals surface area (Å²) in [5.74, 6) is 1.52. The maximum Gasteiger partial charge on any atom is 0.291 e. The molecule has 0 bridgehead atoms. The molecule has 2 aromatic heterocycles. The molecule has 0 aromatic carbocycles. The van der Waals surface area contributed by atoms with E-state index in [2.05, 4.69) is 22.3 Å². The summed E-state index contributed by atoms with van der Waals surface area (Å²) in [6, 6.07) is 3.26. The van der Waals surface area contributed by atoms with E-state index in [4.69, 9.17) is 0 Å². The molecule has 1 aliphatic rings. The van der Waals surface area contributed by atoms with Crippen LogP contribution in [0.25, 0.3) is 0 Å². The molecule has 1 N–H and O–H groups in total. The Balaban J connectivity index is 1.64. The van der Waals surface area contributed by atoms with Crippen LogP contribution in [0, 0.1) is 10.1 Å². The molecule has 7 nitrogen and oxygen atoms in total. The molecule has 0 amide bonds. The van der Waals surface area contributed by atoms with Crippen LogP contribution in [0.4, 0.5) is 5.95 Å². The van der Waals surface area contributed by atoms with Gasteiger partial charge in [0.25, 0.3) is 5.70 Å². The van der Waals surface area contributed by atoms with Crippen LogP contribution in [0.1, 0.15) is 56.4 Å². The number of allylic oxidation sites excluding steroid dienone is 1. The Morgan fingerprint density at radius 2 is 2.15 bits per heavy atom. The normalized spacial score (nSPS) is 16.0. The zero-order chi connectivity index (χ0) is 18.4. The minimum absolute atomic E-state index is 0.0809. The van der Waals surface area contributed by atoms with Gasteiger partial charge >= 0.3 is 0 Å². The summed E-state index contributed by atoms with van der Waals surface area (Å²) >= 11 is 3.10. The van der Waals surface area contributed by atoms with E-state index in [0.29, 0.717) is 11.1 Å². The van der Waals surface area contributed by atoms with Crippen LogP contribution >= 0.6 is 23.1 Å². The molecule has 0 spiro atoms. The Bertz CT molecular complexity index is 757. The molecule has 0 radical (unpaired) electrons. The fourth-order valence-electron chi connectivity index (χ4n) is 2.90. The standard InChI is InChI=1S/C17H23N5O2S2/c1-2-3-4-5-6-7-10-26-17-19-16-18-12-13(22(23)24)15(21(16)20-17)14-9-8-11-25-14/h8-9,11-12,15H,2-7,10H2,1H3,(H,18,19,20). The Morgan fingerprint density at radius 1 is 1.35 bits per heavy atom. The molecule has 2 aromatic rings. The van der Waals surface area contributed by atoms with E-state index in [1.165, 1.54) is 49.6 Å². The van der Waals surface area contributed by atoms with Crippen molar-refractivity contribution in [2.75, 3.05) is 11.1 Å². The summed E-state index contributed by atoms with van der Waals surface area (Å²) in [6.07, 6.45) is 8.94. The van der Waals surface area contributed by atoms with Crippen molar-refractivity contribution < 1.29 is 4.92 Å². The average molecular weight is 394 g/mol. The van der Waals surface area contributed by atoms with E-state index in [1.54, 1.807) is 16.4 Å². The molecular weight excluding hydrogens is 370 g/mol. The molecule has 3 rings (SSSR count). The van der Waals surface area contributed by atoms with Gasteiger partial charge in [-0.1, -0.05) is 56.9 Å². The fourth-order valence-corrected chi connectivity index (χ4v) is 4.55. The smallest absolute Gasteiger partial charge is 0.291 e. The number of fused-ring (bicyclic) bond motifs is 1. The molecule has 3 heterocycles. The van der Waals surface area contributed by atoms with Crippen molar-refractivity contribution >= 4 is 29.0 Å². The highest BCUT2D eigenvalue weighted by Crippen LogP contribution is 2.35. The molecule has 0 saturated carbocycles. The molecule has 1 unspecified atom stereocenters. The lowest BCUT2D eigenvalue weighted by Crippen LogP contribution is -2.24. The third-order valence-electron chi connectivity index (χ3n) is 4.24. The van der Waals surface area contributed by atoms with Gasteiger partial charge in [-0.25, -0.2) is 4.68 Å². The highest BCUT2D eigenvalue weighted by Gasteiger charge is 2.35. The van der Waals surface area contributed by atoms with E-state index in [9.17, 15) is 10.1 Å². The van der Waals surface area contributed by atoms with Crippen molar-refractivity contribution in [2.24, 2.45) is 0 Å². The molecule has 1 atom stereocenters. The number of thioether (sulfide) groups is 1. The predicted molar refractivity (Wildman–Crippen MR) is 105 cm³/mol. The average Bonchev–Trinajstić information content (AvgIpc) is 3.29. The first-order valence-electron chi connectivity index (χ1n) is 8.94. The number of unbranched alkanes of at least 4 members (excludes halogenated alkanes) is 5. The second-order valence-electron chi connectivity index (χ2n) is 6.17. The van der Waals surface area contributed by atoms with E-state index in [-0.39, 0.29) is 10.6 Å². The maximum absolute atomic E-state index is 11.4. The van der Waals surface area contributed by atoms with Crippen molar-refractivity contribution in [2.45, 2.75) is 56.6 Å². The first-order chi connectivity index (χ1) is 12.7.